The lowest BCUT2D eigenvalue weighted by atomic mass is 10.2. The van der Waals surface area contributed by atoms with Gasteiger partial charge in [0.2, 0.25) is 0 Å². The van der Waals surface area contributed by atoms with E-state index in [9.17, 15) is 14.3 Å². The van der Waals surface area contributed by atoms with E-state index in [0.717, 1.165) is 5.56 Å². The Kier molecular flexibility index (Phi) is 3.89. The third-order valence-corrected chi connectivity index (χ3v) is 3.52. The number of aromatic nitrogens is 1. The quantitative estimate of drug-likeness (QED) is 0.693. The zero-order valence-electron chi connectivity index (χ0n) is 12.4. The van der Waals surface area contributed by atoms with E-state index in [1.165, 1.54) is 25.3 Å². The number of rotatable bonds is 4. The monoisotopic (exact) mass is 314 g/mol. The summed E-state index contributed by atoms with van der Waals surface area (Å²) in [5.41, 5.74) is 1.84. The van der Waals surface area contributed by atoms with Crippen LogP contribution in [0.2, 0.25) is 0 Å². The van der Waals surface area contributed by atoms with Crippen molar-refractivity contribution in [1.29, 1.82) is 0 Å². The minimum atomic E-state index is -0.348. The van der Waals surface area contributed by atoms with Gasteiger partial charge in [0.1, 0.15) is 11.5 Å². The van der Waals surface area contributed by atoms with Crippen molar-refractivity contribution >= 4 is 16.8 Å². The first-order chi connectivity index (χ1) is 11.1. The summed E-state index contributed by atoms with van der Waals surface area (Å²) < 4.78 is 18.2. The van der Waals surface area contributed by atoms with Crippen LogP contribution in [0.3, 0.4) is 0 Å². The number of fused-ring (bicyclic) bond motifs is 1. The maximum Gasteiger partial charge on any atom is 0.267 e. The molecule has 23 heavy (non-hydrogen) atoms. The third kappa shape index (κ3) is 3.11. The van der Waals surface area contributed by atoms with Crippen molar-refractivity contribution in [2.45, 2.75) is 6.54 Å². The number of hydrogen-bond donors (Lipinski definition) is 3. The molecule has 0 aliphatic carbocycles. The number of aromatic hydroxyl groups is 1. The van der Waals surface area contributed by atoms with Crippen LogP contribution in [0.25, 0.3) is 10.9 Å². The summed E-state index contributed by atoms with van der Waals surface area (Å²) >= 11 is 0. The molecule has 0 saturated heterocycles. The second kappa shape index (κ2) is 6.00. The number of hydrogen-bond acceptors (Lipinski definition) is 3. The first kappa shape index (κ1) is 14.9. The number of nitrogens with one attached hydrogen (secondary N) is 2. The average molecular weight is 314 g/mol. The number of H-pyrrole nitrogens is 1. The molecule has 3 rings (SSSR count). The molecule has 0 bridgehead atoms. The van der Waals surface area contributed by atoms with Crippen LogP contribution in [0.15, 0.2) is 42.5 Å². The number of benzene rings is 2. The molecule has 2 aromatic carbocycles. The molecule has 0 fully saturated rings. The Bertz CT molecular complexity index is 873. The molecule has 3 aromatic rings. The van der Waals surface area contributed by atoms with Gasteiger partial charge in [-0.05, 0) is 42.0 Å². The molecule has 0 aliphatic rings. The van der Waals surface area contributed by atoms with Crippen LogP contribution < -0.4 is 10.1 Å². The molecular weight excluding hydrogens is 299 g/mol. The number of amides is 1. The standard InChI is InChI=1S/C17H15FN2O3/c1-23-16-6-10(2-5-15(16)21)9-19-17(22)14-8-11-7-12(18)3-4-13(11)20-14/h2-8,20-21H,9H2,1H3,(H,19,22). The van der Waals surface area contributed by atoms with E-state index < -0.39 is 0 Å². The summed E-state index contributed by atoms with van der Waals surface area (Å²) in [7, 11) is 1.46. The lowest BCUT2D eigenvalue weighted by Gasteiger charge is -2.07. The zero-order valence-corrected chi connectivity index (χ0v) is 12.4. The molecule has 1 aromatic heterocycles. The van der Waals surface area contributed by atoms with E-state index in [1.807, 2.05) is 0 Å². The third-order valence-electron chi connectivity index (χ3n) is 3.52. The molecule has 0 radical (unpaired) electrons. The molecule has 0 spiro atoms. The number of carbonyl (C=O) groups excluding carboxylic acids is 1. The molecule has 0 saturated carbocycles. The zero-order chi connectivity index (χ0) is 16.4. The fourth-order valence-corrected chi connectivity index (χ4v) is 2.34. The number of methoxy groups -OCH3 is 1. The Morgan fingerprint density at radius 1 is 1.26 bits per heavy atom. The molecule has 118 valence electrons. The molecule has 0 atom stereocenters. The van der Waals surface area contributed by atoms with Crippen molar-refractivity contribution in [3.8, 4) is 11.5 Å². The number of carbonyl (C=O) groups is 1. The number of halogens is 1. The highest BCUT2D eigenvalue weighted by Gasteiger charge is 2.10. The van der Waals surface area contributed by atoms with Crippen LogP contribution in [0.5, 0.6) is 11.5 Å². The number of ether oxygens (including phenoxy) is 1. The molecule has 5 nitrogen and oxygen atoms in total. The van der Waals surface area contributed by atoms with Gasteiger partial charge in [-0.2, -0.15) is 0 Å². The van der Waals surface area contributed by atoms with Crippen molar-refractivity contribution in [2.75, 3.05) is 7.11 Å². The van der Waals surface area contributed by atoms with E-state index in [0.29, 0.717) is 22.3 Å². The second-order valence-corrected chi connectivity index (χ2v) is 5.10. The van der Waals surface area contributed by atoms with Gasteiger partial charge >= 0.3 is 0 Å². The number of phenols is 1. The van der Waals surface area contributed by atoms with E-state index in [2.05, 4.69) is 10.3 Å². The van der Waals surface area contributed by atoms with Gasteiger partial charge in [0.25, 0.3) is 5.91 Å². The SMILES string of the molecule is COc1cc(CNC(=O)c2cc3cc(F)ccc3[nH]2)ccc1O. The highest BCUT2D eigenvalue weighted by Crippen LogP contribution is 2.26. The largest absolute Gasteiger partial charge is 0.504 e. The molecular formula is C17H15FN2O3. The Balaban J connectivity index is 1.73. The summed E-state index contributed by atoms with van der Waals surface area (Å²) in [6, 6.07) is 10.7. The van der Waals surface area contributed by atoms with Crippen LogP contribution >= 0.6 is 0 Å². The molecule has 0 aliphatic heterocycles. The van der Waals surface area contributed by atoms with Crippen molar-refractivity contribution in [3.05, 3.63) is 59.5 Å². The summed E-state index contributed by atoms with van der Waals surface area (Å²) in [5, 5.41) is 12.9. The van der Waals surface area contributed by atoms with E-state index in [-0.39, 0.29) is 24.0 Å². The van der Waals surface area contributed by atoms with Crippen molar-refractivity contribution in [2.24, 2.45) is 0 Å². The summed E-state index contributed by atoms with van der Waals surface area (Å²) in [6.07, 6.45) is 0. The summed E-state index contributed by atoms with van der Waals surface area (Å²) in [6.45, 7) is 0.277. The number of aromatic amines is 1. The van der Waals surface area contributed by atoms with Crippen molar-refractivity contribution < 1.29 is 19.0 Å². The molecule has 6 heteroatoms. The lowest BCUT2D eigenvalue weighted by Crippen LogP contribution is -2.23. The Morgan fingerprint density at radius 2 is 2.09 bits per heavy atom. The van der Waals surface area contributed by atoms with Gasteiger partial charge in [-0.15, -0.1) is 0 Å². The van der Waals surface area contributed by atoms with Gasteiger partial charge in [-0.1, -0.05) is 6.07 Å². The maximum absolute atomic E-state index is 13.2. The van der Waals surface area contributed by atoms with Gasteiger partial charge in [-0.25, -0.2) is 4.39 Å². The normalized spacial score (nSPS) is 10.7. The maximum atomic E-state index is 13.2. The highest BCUT2D eigenvalue weighted by molar-refractivity contribution is 5.97. The summed E-state index contributed by atoms with van der Waals surface area (Å²) in [4.78, 5) is 15.1. The minimum absolute atomic E-state index is 0.0419. The lowest BCUT2D eigenvalue weighted by molar-refractivity contribution is 0.0946. The van der Waals surface area contributed by atoms with Crippen molar-refractivity contribution in [1.82, 2.24) is 10.3 Å². The fraction of sp³-hybridized carbons (Fsp3) is 0.118. The predicted molar refractivity (Wildman–Crippen MR) is 84.1 cm³/mol. The predicted octanol–water partition coefficient (Wildman–Crippen LogP) is 2.95. The van der Waals surface area contributed by atoms with Crippen molar-refractivity contribution in [3.63, 3.8) is 0 Å². The van der Waals surface area contributed by atoms with Gasteiger partial charge in [-0.3, -0.25) is 4.79 Å². The van der Waals surface area contributed by atoms with Crippen LogP contribution in [0.1, 0.15) is 16.1 Å². The van der Waals surface area contributed by atoms with Gasteiger partial charge in [0.05, 0.1) is 7.11 Å². The van der Waals surface area contributed by atoms with Crippen LogP contribution in [-0.2, 0) is 6.54 Å². The van der Waals surface area contributed by atoms with Crippen LogP contribution in [-0.4, -0.2) is 23.1 Å². The minimum Gasteiger partial charge on any atom is -0.504 e. The molecule has 1 amide bonds. The number of phenolic OH excluding ortho intramolecular Hbond substituents is 1. The molecule has 3 N–H and O–H groups in total. The van der Waals surface area contributed by atoms with Crippen LogP contribution in [0.4, 0.5) is 4.39 Å². The first-order valence-corrected chi connectivity index (χ1v) is 6.99. The summed E-state index contributed by atoms with van der Waals surface area (Å²) in [5.74, 6) is -0.258. The second-order valence-electron chi connectivity index (χ2n) is 5.10. The van der Waals surface area contributed by atoms with Gasteiger partial charge in [0, 0.05) is 17.4 Å². The van der Waals surface area contributed by atoms with E-state index in [4.69, 9.17) is 4.74 Å². The Hall–Kier alpha value is -3.02. The molecule has 0 unspecified atom stereocenters. The van der Waals surface area contributed by atoms with Gasteiger partial charge in [0.15, 0.2) is 11.5 Å². The van der Waals surface area contributed by atoms with E-state index >= 15 is 0 Å². The first-order valence-electron chi connectivity index (χ1n) is 6.99. The fourth-order valence-electron chi connectivity index (χ4n) is 2.34. The average Bonchev–Trinajstić information content (AvgIpc) is 2.97. The molecule has 1 heterocycles. The Labute approximate surface area is 131 Å². The topological polar surface area (TPSA) is 74.3 Å². The van der Waals surface area contributed by atoms with Gasteiger partial charge < -0.3 is 20.1 Å². The smallest absolute Gasteiger partial charge is 0.267 e. The van der Waals surface area contributed by atoms with Crippen LogP contribution in [0, 0.1) is 5.82 Å². The highest BCUT2D eigenvalue weighted by atomic mass is 19.1. The van der Waals surface area contributed by atoms with E-state index in [1.54, 1.807) is 24.3 Å². The Morgan fingerprint density at radius 3 is 2.87 bits per heavy atom.